The predicted octanol–water partition coefficient (Wildman–Crippen LogP) is 4.48. The number of nitrogens with two attached hydrogens (primary N) is 1. The lowest BCUT2D eigenvalue weighted by molar-refractivity contribution is -0.156. The van der Waals surface area contributed by atoms with Crippen LogP contribution in [0.2, 0.25) is 0 Å². The number of aryl methyl sites for hydroxylation is 1. The van der Waals surface area contributed by atoms with Gasteiger partial charge in [-0.15, -0.1) is 0 Å². The van der Waals surface area contributed by atoms with Gasteiger partial charge in [-0.05, 0) is 69.9 Å². The number of hydrogen-bond acceptors (Lipinski definition) is 8. The van der Waals surface area contributed by atoms with Crippen molar-refractivity contribution in [3.8, 4) is 0 Å². The Morgan fingerprint density at radius 2 is 1.59 bits per heavy atom. The van der Waals surface area contributed by atoms with Crippen molar-refractivity contribution < 1.29 is 33.4 Å². The second kappa shape index (κ2) is 16.4. The second-order valence-corrected chi connectivity index (χ2v) is 13.1. The molecule has 0 saturated carbocycles. The lowest BCUT2D eigenvalue weighted by Gasteiger charge is -2.35. The molecule has 0 aromatic heterocycles. The van der Waals surface area contributed by atoms with Gasteiger partial charge in [-0.3, -0.25) is 24.0 Å². The highest BCUT2D eigenvalue weighted by molar-refractivity contribution is 6.11. The Balaban J connectivity index is 1.66. The van der Waals surface area contributed by atoms with Crippen LogP contribution >= 0.6 is 0 Å². The van der Waals surface area contributed by atoms with E-state index >= 15 is 0 Å². The summed E-state index contributed by atoms with van der Waals surface area (Å²) in [5.74, 6) is -2.14. The van der Waals surface area contributed by atoms with Gasteiger partial charge in [0.15, 0.2) is 0 Å². The molecule has 260 valence electrons. The lowest BCUT2D eigenvalue weighted by Crippen LogP contribution is -2.47. The van der Waals surface area contributed by atoms with Crippen molar-refractivity contribution >= 4 is 35.3 Å². The molecule has 3 amide bonds. The van der Waals surface area contributed by atoms with Crippen molar-refractivity contribution in [2.24, 2.45) is 5.73 Å². The Morgan fingerprint density at radius 3 is 2.22 bits per heavy atom. The van der Waals surface area contributed by atoms with Crippen molar-refractivity contribution in [2.75, 3.05) is 18.1 Å². The number of benzene rings is 3. The molecule has 1 aliphatic heterocycles. The molecule has 1 aliphatic rings. The quantitative estimate of drug-likeness (QED) is 0.253. The Morgan fingerprint density at radius 1 is 0.939 bits per heavy atom. The van der Waals surface area contributed by atoms with Gasteiger partial charge in [-0.2, -0.15) is 0 Å². The van der Waals surface area contributed by atoms with Gasteiger partial charge in [0.2, 0.25) is 5.91 Å². The standard InChI is InChI=1S/C38H46N4O7/c1-6-48-33(44)21-25(2)42-34(28-15-11-8-12-16-28)36(46)41(24-27-13-9-7-10-14-27)31-19-17-26(22-29(31)35(42)45)18-20-32(43)40-23-30(39)37(47)49-38(3,4)5/h7-17,19,22,25,30,34H,6,18,20-21,23-24,39H2,1-5H3,(H,40,43). The van der Waals surface area contributed by atoms with Crippen LogP contribution < -0.4 is 16.0 Å². The summed E-state index contributed by atoms with van der Waals surface area (Å²) >= 11 is 0. The van der Waals surface area contributed by atoms with E-state index in [9.17, 15) is 24.0 Å². The molecule has 0 fully saturated rings. The monoisotopic (exact) mass is 670 g/mol. The molecular weight excluding hydrogens is 624 g/mol. The number of esters is 2. The molecule has 11 nitrogen and oxygen atoms in total. The van der Waals surface area contributed by atoms with E-state index in [0.29, 0.717) is 16.8 Å². The van der Waals surface area contributed by atoms with Gasteiger partial charge in [0.25, 0.3) is 11.8 Å². The van der Waals surface area contributed by atoms with Crippen LogP contribution in [0.25, 0.3) is 0 Å². The second-order valence-electron chi connectivity index (χ2n) is 13.1. The highest BCUT2D eigenvalue weighted by Crippen LogP contribution is 2.38. The Bertz CT molecular complexity index is 1640. The minimum atomic E-state index is -1.02. The van der Waals surface area contributed by atoms with E-state index in [4.69, 9.17) is 15.2 Å². The van der Waals surface area contributed by atoms with E-state index in [2.05, 4.69) is 5.32 Å². The minimum Gasteiger partial charge on any atom is -0.466 e. The predicted molar refractivity (Wildman–Crippen MR) is 185 cm³/mol. The smallest absolute Gasteiger partial charge is 0.325 e. The zero-order valence-electron chi connectivity index (χ0n) is 28.8. The summed E-state index contributed by atoms with van der Waals surface area (Å²) < 4.78 is 10.5. The van der Waals surface area contributed by atoms with Crippen LogP contribution in [0.15, 0.2) is 78.9 Å². The summed E-state index contributed by atoms with van der Waals surface area (Å²) in [5.41, 5.74) is 8.11. The number of carbonyl (C=O) groups excluding carboxylic acids is 5. The van der Waals surface area contributed by atoms with Crippen molar-refractivity contribution in [3.05, 3.63) is 101 Å². The van der Waals surface area contributed by atoms with Gasteiger partial charge in [0, 0.05) is 19.0 Å². The first kappa shape index (κ1) is 36.8. The van der Waals surface area contributed by atoms with Crippen LogP contribution in [0.3, 0.4) is 0 Å². The number of anilines is 1. The van der Waals surface area contributed by atoms with Crippen LogP contribution in [0.5, 0.6) is 0 Å². The summed E-state index contributed by atoms with van der Waals surface area (Å²) in [5, 5.41) is 2.68. The maximum Gasteiger partial charge on any atom is 0.325 e. The van der Waals surface area contributed by atoms with Crippen LogP contribution in [0.1, 0.15) is 80.6 Å². The van der Waals surface area contributed by atoms with E-state index in [1.807, 2.05) is 48.5 Å². The third kappa shape index (κ3) is 9.76. The molecule has 3 aromatic carbocycles. The van der Waals surface area contributed by atoms with Gasteiger partial charge in [-0.1, -0.05) is 66.7 Å². The molecule has 0 aliphatic carbocycles. The fourth-order valence-electron chi connectivity index (χ4n) is 5.70. The van der Waals surface area contributed by atoms with Crippen LogP contribution in [0, 0.1) is 0 Å². The molecule has 49 heavy (non-hydrogen) atoms. The summed E-state index contributed by atoms with van der Waals surface area (Å²) in [6, 6.07) is 21.1. The van der Waals surface area contributed by atoms with Crippen LogP contribution in [-0.2, 0) is 41.6 Å². The fourth-order valence-corrected chi connectivity index (χ4v) is 5.70. The molecule has 1 heterocycles. The highest BCUT2D eigenvalue weighted by Gasteiger charge is 2.43. The summed E-state index contributed by atoms with van der Waals surface area (Å²) in [6.07, 6.45) is 0.243. The first-order chi connectivity index (χ1) is 23.3. The topological polar surface area (TPSA) is 148 Å². The van der Waals surface area contributed by atoms with Crippen molar-refractivity contribution in [1.82, 2.24) is 10.2 Å². The number of nitrogens with zero attached hydrogens (tertiary/aromatic N) is 2. The Kier molecular flexibility index (Phi) is 12.3. The van der Waals surface area contributed by atoms with Gasteiger partial charge >= 0.3 is 11.9 Å². The average Bonchev–Trinajstić information content (AvgIpc) is 3.15. The molecule has 11 heteroatoms. The maximum atomic E-state index is 14.7. The zero-order chi connectivity index (χ0) is 35.7. The Labute approximate surface area is 287 Å². The van der Waals surface area contributed by atoms with Crippen molar-refractivity contribution in [3.63, 3.8) is 0 Å². The molecule has 3 aromatic rings. The molecule has 3 unspecified atom stereocenters. The third-order valence-corrected chi connectivity index (χ3v) is 8.01. The molecule has 0 saturated heterocycles. The van der Waals surface area contributed by atoms with Crippen molar-refractivity contribution in [2.45, 2.75) is 84.2 Å². The first-order valence-corrected chi connectivity index (χ1v) is 16.6. The molecule has 0 radical (unpaired) electrons. The van der Waals surface area contributed by atoms with Gasteiger partial charge in [0.05, 0.1) is 30.8 Å². The van der Waals surface area contributed by atoms with Gasteiger partial charge < -0.3 is 30.3 Å². The number of amides is 3. The molecule has 0 spiro atoms. The largest absolute Gasteiger partial charge is 0.466 e. The SMILES string of the molecule is CCOC(=O)CC(C)N1C(=O)c2cc(CCC(=O)NCC(N)C(=O)OC(C)(C)C)ccc2N(Cc2ccccc2)C(=O)C1c1ccccc1. The van der Waals surface area contributed by atoms with E-state index < -0.39 is 41.6 Å². The van der Waals surface area contributed by atoms with E-state index in [1.54, 1.807) is 69.9 Å². The minimum absolute atomic E-state index is 0.0658. The number of hydrogen-bond donors (Lipinski definition) is 2. The first-order valence-electron chi connectivity index (χ1n) is 16.6. The summed E-state index contributed by atoms with van der Waals surface area (Å²) in [4.78, 5) is 70.0. The number of ether oxygens (including phenoxy) is 2. The molecule has 4 rings (SSSR count). The Hall–Kier alpha value is -5.03. The fraction of sp³-hybridized carbons (Fsp3) is 0.395. The molecule has 3 N–H and O–H groups in total. The molecule has 0 bridgehead atoms. The van der Waals surface area contributed by atoms with Crippen LogP contribution in [-0.4, -0.2) is 65.4 Å². The summed E-state index contributed by atoms with van der Waals surface area (Å²) in [7, 11) is 0. The number of nitrogens with one attached hydrogen (secondary N) is 1. The number of fused-ring (bicyclic) bond motifs is 1. The van der Waals surface area contributed by atoms with Crippen molar-refractivity contribution in [1.29, 1.82) is 0 Å². The molecular formula is C38H46N4O7. The maximum absolute atomic E-state index is 14.7. The van der Waals surface area contributed by atoms with Gasteiger partial charge in [0.1, 0.15) is 17.7 Å². The average molecular weight is 671 g/mol. The van der Waals surface area contributed by atoms with Gasteiger partial charge in [-0.25, -0.2) is 0 Å². The highest BCUT2D eigenvalue weighted by atomic mass is 16.6. The third-order valence-electron chi connectivity index (χ3n) is 8.01. The number of rotatable bonds is 13. The summed E-state index contributed by atoms with van der Waals surface area (Å²) in [6.45, 7) is 8.98. The normalized spacial score (nSPS) is 15.9. The van der Waals surface area contributed by atoms with E-state index in [0.717, 1.165) is 5.56 Å². The van der Waals surface area contributed by atoms with E-state index in [-0.39, 0.29) is 56.3 Å². The molecule has 3 atom stereocenters. The number of carbonyl (C=O) groups is 5. The van der Waals surface area contributed by atoms with E-state index in [1.165, 1.54) is 4.90 Å². The lowest BCUT2D eigenvalue weighted by atomic mass is 10.00. The van der Waals surface area contributed by atoms with Crippen LogP contribution in [0.4, 0.5) is 5.69 Å². The zero-order valence-corrected chi connectivity index (χ0v) is 28.8.